The van der Waals surface area contributed by atoms with Crippen LogP contribution in [0, 0.1) is 0 Å². The van der Waals surface area contributed by atoms with Crippen LogP contribution in [0.25, 0.3) is 0 Å². The lowest BCUT2D eigenvalue weighted by atomic mass is 10.1. The summed E-state index contributed by atoms with van der Waals surface area (Å²) in [5, 5.41) is 9.73. The highest BCUT2D eigenvalue weighted by Crippen LogP contribution is 2.18. The van der Waals surface area contributed by atoms with Crippen LogP contribution in [0.15, 0.2) is 47.2 Å². The van der Waals surface area contributed by atoms with E-state index >= 15 is 0 Å². The molecule has 1 aromatic heterocycles. The fourth-order valence-corrected chi connectivity index (χ4v) is 2.24. The summed E-state index contributed by atoms with van der Waals surface area (Å²) in [5.74, 6) is 0.857. The normalized spacial score (nSPS) is 12.4. The van der Waals surface area contributed by atoms with Crippen LogP contribution in [-0.4, -0.2) is 16.3 Å². The number of aliphatic hydroxyl groups is 1. The quantitative estimate of drug-likeness (QED) is 0.878. The average Bonchev–Trinajstić information content (AvgIpc) is 2.87. The fourth-order valence-electron chi connectivity index (χ4n) is 1.86. The van der Waals surface area contributed by atoms with E-state index in [4.69, 9.17) is 4.74 Å². The smallest absolute Gasteiger partial charge is 0.120 e. The van der Waals surface area contributed by atoms with Gasteiger partial charge < -0.3 is 14.4 Å². The van der Waals surface area contributed by atoms with E-state index in [2.05, 4.69) is 15.9 Å². The number of benzene rings is 1. The molecule has 0 aliphatic heterocycles. The van der Waals surface area contributed by atoms with Gasteiger partial charge in [0, 0.05) is 16.9 Å². The minimum absolute atomic E-state index is 0.368. The Kier molecular flexibility index (Phi) is 5.05. The number of nitrogens with zero attached hydrogens (tertiary/aromatic N) is 1. The number of hydrogen-bond acceptors (Lipinski definition) is 2. The summed E-state index contributed by atoms with van der Waals surface area (Å²) in [7, 11) is 0. The molecule has 0 saturated carbocycles. The highest BCUT2D eigenvalue weighted by molar-refractivity contribution is 9.10. The molecular weight excluding hydrogens is 306 g/mol. The Morgan fingerprint density at radius 2 is 2.21 bits per heavy atom. The van der Waals surface area contributed by atoms with Crippen LogP contribution in [0.2, 0.25) is 0 Å². The molecule has 2 rings (SSSR count). The first-order chi connectivity index (χ1) is 9.19. The summed E-state index contributed by atoms with van der Waals surface area (Å²) < 4.78 is 8.72. The number of aliphatic hydroxyl groups excluding tert-OH is 1. The zero-order chi connectivity index (χ0) is 13.7. The van der Waals surface area contributed by atoms with Gasteiger partial charge in [0.25, 0.3) is 0 Å². The maximum atomic E-state index is 9.73. The molecule has 0 spiro atoms. The van der Waals surface area contributed by atoms with Crippen LogP contribution < -0.4 is 4.74 Å². The minimum atomic E-state index is -0.368. The van der Waals surface area contributed by atoms with Crippen LogP contribution in [0.4, 0.5) is 0 Å². The number of hydrogen-bond donors (Lipinski definition) is 1. The number of halogens is 1. The van der Waals surface area contributed by atoms with Gasteiger partial charge in [0.05, 0.1) is 12.6 Å². The van der Waals surface area contributed by atoms with Crippen molar-refractivity contribution < 1.29 is 9.84 Å². The fraction of sp³-hybridized carbons (Fsp3) is 0.333. The van der Waals surface area contributed by atoms with Gasteiger partial charge in [-0.2, -0.15) is 0 Å². The summed E-state index contributed by atoms with van der Waals surface area (Å²) in [6, 6.07) is 9.75. The molecule has 0 saturated heterocycles. The maximum absolute atomic E-state index is 9.73. The zero-order valence-electron chi connectivity index (χ0n) is 10.9. The van der Waals surface area contributed by atoms with E-state index in [0.29, 0.717) is 6.61 Å². The predicted molar refractivity (Wildman–Crippen MR) is 79.3 cm³/mol. The molecule has 102 valence electrons. The van der Waals surface area contributed by atoms with Crippen LogP contribution in [-0.2, 0) is 6.54 Å². The summed E-state index contributed by atoms with van der Waals surface area (Å²) in [5.41, 5.74) is 0.963. The van der Waals surface area contributed by atoms with Crippen LogP contribution in [0.5, 0.6) is 5.75 Å². The van der Waals surface area contributed by atoms with Crippen molar-refractivity contribution in [2.24, 2.45) is 0 Å². The predicted octanol–water partition coefficient (Wildman–Crippen LogP) is 3.77. The number of ether oxygens (including phenoxy) is 1. The largest absolute Gasteiger partial charge is 0.492 e. The van der Waals surface area contributed by atoms with Crippen molar-refractivity contribution in [2.75, 3.05) is 6.61 Å². The Morgan fingerprint density at radius 3 is 2.95 bits per heavy atom. The second-order valence-electron chi connectivity index (χ2n) is 4.41. The summed E-state index contributed by atoms with van der Waals surface area (Å²) >= 11 is 3.41. The summed E-state index contributed by atoms with van der Waals surface area (Å²) in [4.78, 5) is 0. The summed E-state index contributed by atoms with van der Waals surface area (Å²) in [6.07, 6.45) is 4.31. The van der Waals surface area contributed by atoms with Gasteiger partial charge in [0.2, 0.25) is 0 Å². The second-order valence-corrected chi connectivity index (χ2v) is 5.33. The lowest BCUT2D eigenvalue weighted by molar-refractivity contribution is 0.173. The van der Waals surface area contributed by atoms with Crippen molar-refractivity contribution in [3.05, 3.63) is 52.8 Å². The molecule has 1 atom stereocenters. The molecule has 1 N–H and O–H groups in total. The van der Waals surface area contributed by atoms with E-state index < -0.39 is 0 Å². The van der Waals surface area contributed by atoms with E-state index in [9.17, 15) is 5.11 Å². The van der Waals surface area contributed by atoms with Gasteiger partial charge in [-0.25, -0.2) is 0 Å². The molecule has 0 aliphatic rings. The molecule has 19 heavy (non-hydrogen) atoms. The molecule has 1 unspecified atom stereocenters. The van der Waals surface area contributed by atoms with Crippen molar-refractivity contribution in [2.45, 2.75) is 26.0 Å². The van der Waals surface area contributed by atoms with Crippen LogP contribution in [0.3, 0.4) is 0 Å². The van der Waals surface area contributed by atoms with E-state index in [1.807, 2.05) is 54.2 Å². The second kappa shape index (κ2) is 6.78. The van der Waals surface area contributed by atoms with Crippen LogP contribution in [0.1, 0.15) is 25.0 Å². The van der Waals surface area contributed by atoms with E-state index in [-0.39, 0.29) is 6.10 Å². The Hall–Kier alpha value is -1.26. The van der Waals surface area contributed by atoms with Crippen LogP contribution >= 0.6 is 15.9 Å². The first kappa shape index (κ1) is 14.2. The van der Waals surface area contributed by atoms with Gasteiger partial charge >= 0.3 is 0 Å². The van der Waals surface area contributed by atoms with Crippen molar-refractivity contribution in [3.63, 3.8) is 0 Å². The van der Waals surface area contributed by atoms with Gasteiger partial charge in [-0.05, 0) is 36.2 Å². The standard InChI is InChI=1S/C15H18BrNO2/c1-2-15(18)12-6-7-17(11-12)8-9-19-14-5-3-4-13(16)10-14/h3-7,10-11,15,18H,2,8-9H2,1H3. The first-order valence-corrected chi connectivity index (χ1v) is 7.20. The van der Waals surface area contributed by atoms with E-state index in [1.165, 1.54) is 0 Å². The molecule has 0 bridgehead atoms. The summed E-state index contributed by atoms with van der Waals surface area (Å²) in [6.45, 7) is 3.34. The maximum Gasteiger partial charge on any atom is 0.120 e. The molecule has 0 aliphatic carbocycles. The topological polar surface area (TPSA) is 34.4 Å². The minimum Gasteiger partial charge on any atom is -0.492 e. The molecule has 0 amide bonds. The SMILES string of the molecule is CCC(O)c1ccn(CCOc2cccc(Br)c2)c1. The third-order valence-electron chi connectivity index (χ3n) is 2.96. The Bertz CT molecular complexity index is 524. The Balaban J connectivity index is 1.84. The highest BCUT2D eigenvalue weighted by Gasteiger charge is 2.06. The molecular formula is C15H18BrNO2. The molecule has 4 heteroatoms. The Labute approximate surface area is 122 Å². The van der Waals surface area contributed by atoms with Crippen molar-refractivity contribution in [3.8, 4) is 5.75 Å². The van der Waals surface area contributed by atoms with Gasteiger partial charge in [0.1, 0.15) is 12.4 Å². The lowest BCUT2D eigenvalue weighted by Crippen LogP contribution is -2.06. The highest BCUT2D eigenvalue weighted by atomic mass is 79.9. The van der Waals surface area contributed by atoms with Gasteiger partial charge in [0.15, 0.2) is 0 Å². The third-order valence-corrected chi connectivity index (χ3v) is 3.45. The average molecular weight is 324 g/mol. The number of aromatic nitrogens is 1. The van der Waals surface area contributed by atoms with Crippen molar-refractivity contribution in [1.82, 2.24) is 4.57 Å². The molecule has 1 aromatic carbocycles. The monoisotopic (exact) mass is 323 g/mol. The number of rotatable bonds is 6. The molecule has 0 fully saturated rings. The van der Waals surface area contributed by atoms with Gasteiger partial charge in [-0.15, -0.1) is 0 Å². The van der Waals surface area contributed by atoms with E-state index in [1.54, 1.807) is 0 Å². The van der Waals surface area contributed by atoms with Crippen molar-refractivity contribution >= 4 is 15.9 Å². The van der Waals surface area contributed by atoms with Gasteiger partial charge in [-0.1, -0.05) is 28.9 Å². The lowest BCUT2D eigenvalue weighted by Gasteiger charge is -2.08. The van der Waals surface area contributed by atoms with Gasteiger partial charge in [-0.3, -0.25) is 0 Å². The molecule has 0 radical (unpaired) electrons. The third kappa shape index (κ3) is 4.11. The molecule has 2 aromatic rings. The first-order valence-electron chi connectivity index (χ1n) is 6.41. The van der Waals surface area contributed by atoms with E-state index in [0.717, 1.165) is 28.8 Å². The Morgan fingerprint density at radius 1 is 1.37 bits per heavy atom. The molecule has 3 nitrogen and oxygen atoms in total. The zero-order valence-corrected chi connectivity index (χ0v) is 12.5. The van der Waals surface area contributed by atoms with Crippen molar-refractivity contribution in [1.29, 1.82) is 0 Å². The molecule has 1 heterocycles.